The molecule has 0 radical (unpaired) electrons. The third-order valence-electron chi connectivity index (χ3n) is 3.13. The number of anilines is 1. The number of carbonyl (C=O) groups excluding carboxylic acids is 1. The molecule has 0 aliphatic rings. The highest BCUT2D eigenvalue weighted by Gasteiger charge is 2.06. The van der Waals surface area contributed by atoms with Crippen molar-refractivity contribution in [1.29, 1.82) is 0 Å². The molecule has 2 aromatic carbocycles. The van der Waals surface area contributed by atoms with Crippen LogP contribution in [0, 0.1) is 5.82 Å². The molecule has 1 N–H and O–H groups in total. The Labute approximate surface area is 138 Å². The first kappa shape index (κ1) is 15.6. The van der Waals surface area contributed by atoms with Crippen molar-refractivity contribution in [1.82, 2.24) is 9.97 Å². The molecule has 1 amide bonds. The van der Waals surface area contributed by atoms with Crippen molar-refractivity contribution >= 4 is 11.6 Å². The molecule has 0 aliphatic heterocycles. The number of aromatic nitrogens is 2. The summed E-state index contributed by atoms with van der Waals surface area (Å²) in [4.78, 5) is 20.0. The fourth-order valence-corrected chi connectivity index (χ4v) is 2.13. The van der Waals surface area contributed by atoms with Crippen LogP contribution in [0.15, 0.2) is 67.1 Å². The highest BCUT2D eigenvalue weighted by atomic mass is 19.1. The molecule has 1 heterocycles. The van der Waals surface area contributed by atoms with Gasteiger partial charge in [-0.25, -0.2) is 9.37 Å². The van der Waals surface area contributed by atoms with E-state index in [2.05, 4.69) is 15.3 Å². The van der Waals surface area contributed by atoms with Gasteiger partial charge in [0.15, 0.2) is 0 Å². The summed E-state index contributed by atoms with van der Waals surface area (Å²) >= 11 is 0. The van der Waals surface area contributed by atoms with Gasteiger partial charge in [-0.15, -0.1) is 0 Å². The lowest BCUT2D eigenvalue weighted by Gasteiger charge is -2.08. The first-order valence-electron chi connectivity index (χ1n) is 7.27. The molecular weight excluding hydrogens is 309 g/mol. The van der Waals surface area contributed by atoms with Gasteiger partial charge in [-0.05, 0) is 29.8 Å². The highest BCUT2D eigenvalue weighted by Crippen LogP contribution is 2.22. The van der Waals surface area contributed by atoms with E-state index in [4.69, 9.17) is 4.74 Å². The lowest BCUT2D eigenvalue weighted by molar-refractivity contribution is -0.115. The fourth-order valence-electron chi connectivity index (χ4n) is 2.13. The minimum Gasteiger partial charge on any atom is -0.437 e. The quantitative estimate of drug-likeness (QED) is 0.779. The van der Waals surface area contributed by atoms with Gasteiger partial charge in [0.25, 0.3) is 0 Å². The second-order valence-corrected chi connectivity index (χ2v) is 5.03. The highest BCUT2D eigenvalue weighted by molar-refractivity contribution is 5.92. The molecular formula is C18H14FN3O2. The van der Waals surface area contributed by atoms with Gasteiger partial charge in [-0.1, -0.05) is 18.2 Å². The summed E-state index contributed by atoms with van der Waals surface area (Å²) in [5.41, 5.74) is 1.19. The molecule has 0 spiro atoms. The normalized spacial score (nSPS) is 10.2. The van der Waals surface area contributed by atoms with Crippen LogP contribution in [0.5, 0.6) is 11.6 Å². The Kier molecular flexibility index (Phi) is 4.76. The smallest absolute Gasteiger partial charge is 0.237 e. The Morgan fingerprint density at radius 2 is 2.00 bits per heavy atom. The molecule has 0 aliphatic carbocycles. The Morgan fingerprint density at radius 3 is 2.79 bits per heavy atom. The van der Waals surface area contributed by atoms with Crippen LogP contribution in [0.1, 0.15) is 5.56 Å². The summed E-state index contributed by atoms with van der Waals surface area (Å²) in [5, 5.41) is 2.76. The Balaban J connectivity index is 1.65. The van der Waals surface area contributed by atoms with Gasteiger partial charge in [-0.3, -0.25) is 9.78 Å². The van der Waals surface area contributed by atoms with Crippen LogP contribution in [-0.4, -0.2) is 15.9 Å². The molecule has 0 atom stereocenters. The van der Waals surface area contributed by atoms with E-state index in [0.717, 1.165) is 0 Å². The number of hydrogen-bond acceptors (Lipinski definition) is 4. The molecule has 24 heavy (non-hydrogen) atoms. The second kappa shape index (κ2) is 7.32. The van der Waals surface area contributed by atoms with Crippen molar-refractivity contribution in [2.75, 3.05) is 5.32 Å². The summed E-state index contributed by atoms with van der Waals surface area (Å²) in [5.74, 6) is 0.289. The van der Waals surface area contributed by atoms with Gasteiger partial charge in [0.1, 0.15) is 11.6 Å². The van der Waals surface area contributed by atoms with Crippen LogP contribution in [0.2, 0.25) is 0 Å². The Morgan fingerprint density at radius 1 is 1.12 bits per heavy atom. The zero-order chi connectivity index (χ0) is 16.8. The zero-order valence-corrected chi connectivity index (χ0v) is 12.6. The van der Waals surface area contributed by atoms with E-state index in [9.17, 15) is 9.18 Å². The summed E-state index contributed by atoms with van der Waals surface area (Å²) in [6.45, 7) is 0. The molecule has 3 rings (SSSR count). The van der Waals surface area contributed by atoms with Gasteiger partial charge < -0.3 is 10.1 Å². The number of hydrogen-bond donors (Lipinski definition) is 1. The first-order valence-corrected chi connectivity index (χ1v) is 7.27. The fraction of sp³-hybridized carbons (Fsp3) is 0.0556. The maximum Gasteiger partial charge on any atom is 0.237 e. The third kappa shape index (κ3) is 4.36. The van der Waals surface area contributed by atoms with E-state index in [1.165, 1.54) is 24.5 Å². The average Bonchev–Trinajstić information content (AvgIpc) is 2.56. The summed E-state index contributed by atoms with van der Waals surface area (Å²) < 4.78 is 18.7. The first-order chi connectivity index (χ1) is 11.7. The third-order valence-corrected chi connectivity index (χ3v) is 3.13. The molecule has 120 valence electrons. The molecule has 0 saturated carbocycles. The van der Waals surface area contributed by atoms with E-state index < -0.39 is 0 Å². The summed E-state index contributed by atoms with van der Waals surface area (Å²) in [6, 6.07) is 12.9. The maximum absolute atomic E-state index is 13.1. The standard InChI is InChI=1S/C18H14FN3O2/c19-14-4-1-3-13(9-14)10-17(23)22-15-5-2-6-16(11-15)24-18-12-20-7-8-21-18/h1-9,11-12H,10H2,(H,22,23). The van der Waals surface area contributed by atoms with Crippen LogP contribution < -0.4 is 10.1 Å². The van der Waals surface area contributed by atoms with E-state index in [-0.39, 0.29) is 18.1 Å². The number of rotatable bonds is 5. The van der Waals surface area contributed by atoms with Crippen molar-refractivity contribution < 1.29 is 13.9 Å². The molecule has 0 saturated heterocycles. The van der Waals surface area contributed by atoms with E-state index in [1.54, 1.807) is 42.6 Å². The van der Waals surface area contributed by atoms with Crippen LogP contribution >= 0.6 is 0 Å². The number of halogens is 1. The topological polar surface area (TPSA) is 64.1 Å². The van der Waals surface area contributed by atoms with Crippen molar-refractivity contribution in [2.45, 2.75) is 6.42 Å². The van der Waals surface area contributed by atoms with E-state index in [1.807, 2.05) is 0 Å². The van der Waals surface area contributed by atoms with Crippen molar-refractivity contribution in [3.05, 3.63) is 78.5 Å². The SMILES string of the molecule is O=C(Cc1cccc(F)c1)Nc1cccc(Oc2cnccn2)c1. The molecule has 0 fully saturated rings. The number of ether oxygens (including phenoxy) is 1. The van der Waals surface area contributed by atoms with Crippen LogP contribution in [0.25, 0.3) is 0 Å². The van der Waals surface area contributed by atoms with Crippen LogP contribution in [0.4, 0.5) is 10.1 Å². The van der Waals surface area contributed by atoms with Gasteiger partial charge in [0.2, 0.25) is 11.8 Å². The predicted molar refractivity (Wildman–Crippen MR) is 87.3 cm³/mol. The Hall–Kier alpha value is -3.28. The zero-order valence-electron chi connectivity index (χ0n) is 12.6. The van der Waals surface area contributed by atoms with Crippen LogP contribution in [0.3, 0.4) is 0 Å². The maximum atomic E-state index is 13.1. The summed E-state index contributed by atoms with van der Waals surface area (Å²) in [7, 11) is 0. The van der Waals surface area contributed by atoms with Gasteiger partial charge in [0, 0.05) is 24.1 Å². The average molecular weight is 323 g/mol. The van der Waals surface area contributed by atoms with Crippen molar-refractivity contribution in [3.63, 3.8) is 0 Å². The largest absolute Gasteiger partial charge is 0.437 e. The molecule has 5 nitrogen and oxygen atoms in total. The van der Waals surface area contributed by atoms with E-state index >= 15 is 0 Å². The number of amides is 1. The van der Waals surface area contributed by atoms with E-state index in [0.29, 0.717) is 22.9 Å². The lowest BCUT2D eigenvalue weighted by Crippen LogP contribution is -2.14. The number of carbonyl (C=O) groups is 1. The monoisotopic (exact) mass is 323 g/mol. The second-order valence-electron chi connectivity index (χ2n) is 5.03. The number of benzene rings is 2. The molecule has 0 unspecified atom stereocenters. The lowest BCUT2D eigenvalue weighted by atomic mass is 10.1. The van der Waals surface area contributed by atoms with Crippen molar-refractivity contribution in [2.24, 2.45) is 0 Å². The van der Waals surface area contributed by atoms with Crippen LogP contribution in [-0.2, 0) is 11.2 Å². The van der Waals surface area contributed by atoms with Gasteiger partial charge >= 0.3 is 0 Å². The number of nitrogens with zero attached hydrogens (tertiary/aromatic N) is 2. The molecule has 0 bridgehead atoms. The van der Waals surface area contributed by atoms with Crippen molar-refractivity contribution in [3.8, 4) is 11.6 Å². The molecule has 3 aromatic rings. The minimum absolute atomic E-state index is 0.0903. The molecule has 1 aromatic heterocycles. The van der Waals surface area contributed by atoms with Gasteiger partial charge in [-0.2, -0.15) is 0 Å². The van der Waals surface area contributed by atoms with Gasteiger partial charge in [0.05, 0.1) is 12.6 Å². The minimum atomic E-state index is -0.361. The predicted octanol–water partition coefficient (Wildman–Crippen LogP) is 3.59. The number of nitrogens with one attached hydrogen (secondary N) is 1. The Bertz CT molecular complexity index is 840. The summed E-state index contributed by atoms with van der Waals surface area (Å²) in [6.07, 6.45) is 4.66. The molecule has 6 heteroatoms.